The summed E-state index contributed by atoms with van der Waals surface area (Å²) in [5, 5.41) is 15.3. The molecule has 0 bridgehead atoms. The van der Waals surface area contributed by atoms with Crippen LogP contribution in [0.1, 0.15) is 5.56 Å². The van der Waals surface area contributed by atoms with Gasteiger partial charge >= 0.3 is 0 Å². The minimum Gasteiger partial charge on any atom is -0.392 e. The zero-order chi connectivity index (χ0) is 20.4. The summed E-state index contributed by atoms with van der Waals surface area (Å²) in [7, 11) is -1.13. The number of aliphatic hydroxyl groups excluding tert-OH is 1. The number of hydrogen-bond acceptors (Lipinski definition) is 6. The first-order valence-electron chi connectivity index (χ1n) is 7.45. The third-order valence-electron chi connectivity index (χ3n) is 3.52. The quantitative estimate of drug-likeness (QED) is 0.697. The van der Waals surface area contributed by atoms with E-state index in [2.05, 4.69) is 10.4 Å². The molecule has 2 aromatic rings. The predicted molar refractivity (Wildman–Crippen MR) is 100 cm³/mol. The first kappa shape index (κ1) is 21.3. The molecule has 2 N–H and O–H groups in total. The summed E-state index contributed by atoms with van der Waals surface area (Å²) < 4.78 is 26.6. The molecule has 27 heavy (non-hydrogen) atoms. The Balaban J connectivity index is 2.29. The third-order valence-corrected chi connectivity index (χ3v) is 6.16. The standard InChI is InChI=1S/C15H16Cl2N4O5S/c1-20(2)27(25,26)12-5-10(4-3-9(12)8-22)19-13(23)7-21-15(24)14(17)11(16)6-18-21/h3-6,22H,7-8H2,1-2H3,(H,19,23). The Bertz CT molecular complexity index is 1040. The SMILES string of the molecule is CN(C)S(=O)(=O)c1cc(NC(=O)Cn2ncc(Cl)c(Cl)c2=O)ccc1CO. The van der Waals surface area contributed by atoms with Crippen molar-refractivity contribution in [2.24, 2.45) is 0 Å². The lowest BCUT2D eigenvalue weighted by Crippen LogP contribution is -2.30. The molecule has 0 saturated carbocycles. The molecule has 0 radical (unpaired) electrons. The number of aliphatic hydroxyl groups is 1. The van der Waals surface area contributed by atoms with Gasteiger partial charge in [-0.2, -0.15) is 5.10 Å². The zero-order valence-electron chi connectivity index (χ0n) is 14.3. The van der Waals surface area contributed by atoms with E-state index in [4.69, 9.17) is 23.2 Å². The molecular weight excluding hydrogens is 419 g/mol. The highest BCUT2D eigenvalue weighted by Gasteiger charge is 2.22. The number of amides is 1. The second-order valence-corrected chi connectivity index (χ2v) is 8.49. The number of nitrogens with zero attached hydrogens (tertiary/aromatic N) is 3. The monoisotopic (exact) mass is 434 g/mol. The number of sulfonamides is 1. The Morgan fingerprint density at radius 3 is 2.59 bits per heavy atom. The van der Waals surface area contributed by atoms with E-state index in [0.29, 0.717) is 0 Å². The molecule has 146 valence electrons. The van der Waals surface area contributed by atoms with Crippen molar-refractivity contribution in [2.45, 2.75) is 18.0 Å². The molecule has 0 fully saturated rings. The Morgan fingerprint density at radius 1 is 1.33 bits per heavy atom. The topological polar surface area (TPSA) is 122 Å². The maximum absolute atomic E-state index is 12.4. The largest absolute Gasteiger partial charge is 0.392 e. The van der Waals surface area contributed by atoms with Crippen molar-refractivity contribution in [3.05, 3.63) is 50.4 Å². The fraction of sp³-hybridized carbons (Fsp3) is 0.267. The minimum absolute atomic E-state index is 0.0311. The summed E-state index contributed by atoms with van der Waals surface area (Å²) in [6.45, 7) is -0.938. The van der Waals surface area contributed by atoms with Crippen LogP contribution in [0.5, 0.6) is 0 Å². The second-order valence-electron chi connectivity index (χ2n) is 5.59. The van der Waals surface area contributed by atoms with E-state index in [1.807, 2.05) is 0 Å². The van der Waals surface area contributed by atoms with Crippen LogP contribution in [0.4, 0.5) is 5.69 Å². The number of carbonyl (C=O) groups excluding carboxylic acids is 1. The third kappa shape index (κ3) is 4.66. The Hall–Kier alpha value is -1.98. The van der Waals surface area contributed by atoms with Crippen LogP contribution in [0.15, 0.2) is 34.1 Å². The minimum atomic E-state index is -3.83. The molecule has 1 aromatic carbocycles. The summed E-state index contributed by atoms with van der Waals surface area (Å²) in [5.74, 6) is -0.632. The van der Waals surface area contributed by atoms with Crippen molar-refractivity contribution in [3.63, 3.8) is 0 Å². The summed E-state index contributed by atoms with van der Waals surface area (Å²) in [6.07, 6.45) is 1.14. The van der Waals surface area contributed by atoms with Gasteiger partial charge in [-0.15, -0.1) is 0 Å². The van der Waals surface area contributed by atoms with Gasteiger partial charge in [0.1, 0.15) is 11.6 Å². The molecule has 1 heterocycles. The van der Waals surface area contributed by atoms with Gasteiger partial charge in [0.05, 0.1) is 22.7 Å². The molecule has 0 aliphatic carbocycles. The van der Waals surface area contributed by atoms with Crippen LogP contribution in [-0.2, 0) is 28.0 Å². The van der Waals surface area contributed by atoms with Gasteiger partial charge < -0.3 is 10.4 Å². The van der Waals surface area contributed by atoms with Crippen LogP contribution in [0, 0.1) is 0 Å². The molecular formula is C15H16Cl2N4O5S. The van der Waals surface area contributed by atoms with Gasteiger partial charge in [-0.1, -0.05) is 29.3 Å². The molecule has 1 aromatic heterocycles. The highest BCUT2D eigenvalue weighted by molar-refractivity contribution is 7.89. The van der Waals surface area contributed by atoms with Crippen molar-refractivity contribution in [2.75, 3.05) is 19.4 Å². The number of halogens is 2. The van der Waals surface area contributed by atoms with Gasteiger partial charge in [-0.25, -0.2) is 17.4 Å². The Labute approximate surface area is 165 Å². The van der Waals surface area contributed by atoms with E-state index in [0.717, 1.165) is 15.2 Å². The van der Waals surface area contributed by atoms with E-state index >= 15 is 0 Å². The number of carbonyl (C=O) groups is 1. The maximum Gasteiger partial charge on any atom is 0.287 e. The van der Waals surface area contributed by atoms with E-state index < -0.39 is 34.6 Å². The number of nitrogens with one attached hydrogen (secondary N) is 1. The second kappa shape index (κ2) is 8.36. The van der Waals surface area contributed by atoms with E-state index in [1.165, 1.54) is 32.3 Å². The van der Waals surface area contributed by atoms with E-state index in [9.17, 15) is 23.1 Å². The molecule has 0 saturated heterocycles. The summed E-state index contributed by atoms with van der Waals surface area (Å²) in [6, 6.07) is 4.04. The molecule has 9 nitrogen and oxygen atoms in total. The van der Waals surface area contributed by atoms with Crippen molar-refractivity contribution in [1.82, 2.24) is 14.1 Å². The number of hydrogen-bond donors (Lipinski definition) is 2. The van der Waals surface area contributed by atoms with Crippen molar-refractivity contribution in [1.29, 1.82) is 0 Å². The van der Waals surface area contributed by atoms with Crippen LogP contribution in [-0.4, -0.2) is 47.6 Å². The molecule has 1 amide bonds. The molecule has 12 heteroatoms. The molecule has 0 spiro atoms. The molecule has 0 unspecified atom stereocenters. The molecule has 2 rings (SSSR count). The average molecular weight is 435 g/mol. The van der Waals surface area contributed by atoms with Crippen molar-refractivity contribution >= 4 is 44.8 Å². The van der Waals surface area contributed by atoms with Gasteiger partial charge in [0.25, 0.3) is 5.56 Å². The van der Waals surface area contributed by atoms with E-state index in [-0.39, 0.29) is 26.2 Å². The molecule has 0 aliphatic rings. The summed E-state index contributed by atoms with van der Waals surface area (Å²) >= 11 is 11.4. The van der Waals surface area contributed by atoms with Crippen LogP contribution in [0.3, 0.4) is 0 Å². The Morgan fingerprint density at radius 2 is 2.00 bits per heavy atom. The van der Waals surface area contributed by atoms with Gasteiger partial charge in [0.2, 0.25) is 15.9 Å². The summed E-state index contributed by atoms with van der Waals surface area (Å²) in [4.78, 5) is 24.0. The Kier molecular flexibility index (Phi) is 6.60. The fourth-order valence-corrected chi connectivity index (χ4v) is 3.50. The first-order chi connectivity index (χ1) is 12.6. The summed E-state index contributed by atoms with van der Waals surface area (Å²) in [5.41, 5.74) is -0.374. The van der Waals surface area contributed by atoms with Gasteiger partial charge in [0.15, 0.2) is 0 Å². The normalized spacial score (nSPS) is 11.6. The van der Waals surface area contributed by atoms with E-state index in [1.54, 1.807) is 0 Å². The van der Waals surface area contributed by atoms with Crippen molar-refractivity contribution in [3.8, 4) is 0 Å². The number of anilines is 1. The highest BCUT2D eigenvalue weighted by Crippen LogP contribution is 2.23. The zero-order valence-corrected chi connectivity index (χ0v) is 16.6. The van der Waals surface area contributed by atoms with Crippen LogP contribution >= 0.6 is 23.2 Å². The van der Waals surface area contributed by atoms with Crippen LogP contribution < -0.4 is 10.9 Å². The lowest BCUT2D eigenvalue weighted by Gasteiger charge is -2.16. The van der Waals surface area contributed by atoms with Gasteiger partial charge in [0, 0.05) is 19.8 Å². The van der Waals surface area contributed by atoms with Crippen molar-refractivity contribution < 1.29 is 18.3 Å². The number of benzene rings is 1. The average Bonchev–Trinajstić information content (AvgIpc) is 2.62. The highest BCUT2D eigenvalue weighted by atomic mass is 35.5. The van der Waals surface area contributed by atoms with Gasteiger partial charge in [-0.05, 0) is 17.7 Å². The molecule has 0 atom stereocenters. The van der Waals surface area contributed by atoms with Crippen LogP contribution in [0.2, 0.25) is 10.0 Å². The predicted octanol–water partition coefficient (Wildman–Crippen LogP) is 0.931. The maximum atomic E-state index is 12.4. The van der Waals surface area contributed by atoms with Gasteiger partial charge in [-0.3, -0.25) is 9.59 Å². The smallest absolute Gasteiger partial charge is 0.287 e. The first-order valence-corrected chi connectivity index (χ1v) is 9.64. The lowest BCUT2D eigenvalue weighted by molar-refractivity contribution is -0.117. The fourth-order valence-electron chi connectivity index (χ4n) is 2.09. The number of aromatic nitrogens is 2. The number of rotatable bonds is 6. The molecule has 0 aliphatic heterocycles. The van der Waals surface area contributed by atoms with Crippen LogP contribution in [0.25, 0.3) is 0 Å². The lowest BCUT2D eigenvalue weighted by atomic mass is 10.2.